The molecule has 1 saturated carbocycles. The van der Waals surface area contributed by atoms with E-state index in [1.165, 1.54) is 11.3 Å². The SMILES string of the molecule is O=C(Cn1c(-c2cccs2)n[nH]c1=S)Nc1cccc(NC(=O)C2CC2)c1. The molecule has 1 fully saturated rings. The Kier molecular flexibility index (Phi) is 4.87. The van der Waals surface area contributed by atoms with Crippen LogP contribution in [0.15, 0.2) is 41.8 Å². The Hall–Kier alpha value is -2.78. The summed E-state index contributed by atoms with van der Waals surface area (Å²) in [5.74, 6) is 0.567. The Bertz CT molecular complexity index is 1030. The van der Waals surface area contributed by atoms with Crippen LogP contribution in [0.1, 0.15) is 12.8 Å². The van der Waals surface area contributed by atoms with E-state index in [2.05, 4.69) is 20.8 Å². The van der Waals surface area contributed by atoms with Gasteiger partial charge in [0.1, 0.15) is 6.54 Å². The molecule has 1 aromatic carbocycles. The first-order chi connectivity index (χ1) is 13.1. The topological polar surface area (TPSA) is 91.8 Å². The van der Waals surface area contributed by atoms with Gasteiger partial charge in [-0.2, -0.15) is 5.10 Å². The number of hydrogen-bond acceptors (Lipinski definition) is 5. The van der Waals surface area contributed by atoms with E-state index < -0.39 is 0 Å². The molecule has 0 bridgehead atoms. The summed E-state index contributed by atoms with van der Waals surface area (Å²) in [4.78, 5) is 25.3. The maximum atomic E-state index is 12.5. The molecule has 2 amide bonds. The monoisotopic (exact) mass is 399 g/mol. The lowest BCUT2D eigenvalue weighted by Crippen LogP contribution is -2.19. The van der Waals surface area contributed by atoms with Crippen molar-refractivity contribution in [2.75, 3.05) is 10.6 Å². The molecule has 1 aliphatic carbocycles. The van der Waals surface area contributed by atoms with Crippen LogP contribution in [0.2, 0.25) is 0 Å². The highest BCUT2D eigenvalue weighted by molar-refractivity contribution is 7.71. The number of nitrogens with one attached hydrogen (secondary N) is 3. The third-order valence-corrected chi connectivity index (χ3v) is 5.34. The number of thiophene rings is 1. The van der Waals surface area contributed by atoms with E-state index in [0.717, 1.165) is 17.7 Å². The van der Waals surface area contributed by atoms with Crippen LogP contribution in [0, 0.1) is 10.7 Å². The lowest BCUT2D eigenvalue weighted by Gasteiger charge is -2.10. The van der Waals surface area contributed by atoms with E-state index in [9.17, 15) is 9.59 Å². The summed E-state index contributed by atoms with van der Waals surface area (Å²) in [6, 6.07) is 11.0. The molecule has 0 saturated heterocycles. The molecule has 0 unspecified atom stereocenters. The molecule has 27 heavy (non-hydrogen) atoms. The zero-order valence-corrected chi connectivity index (χ0v) is 15.9. The Morgan fingerprint density at radius 3 is 2.70 bits per heavy atom. The molecule has 0 radical (unpaired) electrons. The Morgan fingerprint density at radius 1 is 1.22 bits per heavy atom. The number of amides is 2. The number of benzene rings is 1. The van der Waals surface area contributed by atoms with Crippen LogP contribution in [0.5, 0.6) is 0 Å². The van der Waals surface area contributed by atoms with Crippen molar-refractivity contribution in [2.24, 2.45) is 5.92 Å². The summed E-state index contributed by atoms with van der Waals surface area (Å²) in [6.07, 6.45) is 1.89. The predicted molar refractivity (Wildman–Crippen MR) is 107 cm³/mol. The number of anilines is 2. The molecule has 3 N–H and O–H groups in total. The molecule has 0 aliphatic heterocycles. The highest BCUT2D eigenvalue weighted by atomic mass is 32.1. The summed E-state index contributed by atoms with van der Waals surface area (Å²) in [6.45, 7) is 0.0429. The van der Waals surface area contributed by atoms with Crippen molar-refractivity contribution in [1.29, 1.82) is 0 Å². The van der Waals surface area contributed by atoms with Gasteiger partial charge >= 0.3 is 0 Å². The lowest BCUT2D eigenvalue weighted by molar-refractivity contribution is -0.117. The Morgan fingerprint density at radius 2 is 2.00 bits per heavy atom. The first-order valence-electron chi connectivity index (χ1n) is 8.50. The highest BCUT2D eigenvalue weighted by Gasteiger charge is 2.29. The van der Waals surface area contributed by atoms with Crippen molar-refractivity contribution >= 4 is 46.7 Å². The van der Waals surface area contributed by atoms with Gasteiger partial charge in [-0.15, -0.1) is 11.3 Å². The molecule has 0 atom stereocenters. The minimum absolute atomic E-state index is 0.0313. The fraction of sp³-hybridized carbons (Fsp3) is 0.222. The van der Waals surface area contributed by atoms with E-state index in [1.54, 1.807) is 28.8 Å². The first kappa shape index (κ1) is 17.6. The van der Waals surface area contributed by atoms with E-state index in [4.69, 9.17) is 12.2 Å². The zero-order valence-electron chi connectivity index (χ0n) is 14.3. The minimum Gasteiger partial charge on any atom is -0.326 e. The number of H-pyrrole nitrogens is 1. The summed E-state index contributed by atoms with van der Waals surface area (Å²) in [7, 11) is 0. The molecule has 4 rings (SSSR count). The maximum absolute atomic E-state index is 12.5. The van der Waals surface area contributed by atoms with Crippen molar-refractivity contribution < 1.29 is 9.59 Å². The van der Waals surface area contributed by atoms with Crippen LogP contribution in [-0.4, -0.2) is 26.6 Å². The van der Waals surface area contributed by atoms with E-state index in [1.807, 2.05) is 17.5 Å². The number of carbonyl (C=O) groups excluding carboxylic acids is 2. The van der Waals surface area contributed by atoms with Crippen LogP contribution in [0.3, 0.4) is 0 Å². The molecule has 138 valence electrons. The second-order valence-corrected chi connectivity index (χ2v) is 7.64. The van der Waals surface area contributed by atoms with E-state index >= 15 is 0 Å². The van der Waals surface area contributed by atoms with Crippen molar-refractivity contribution in [2.45, 2.75) is 19.4 Å². The number of aromatic nitrogens is 3. The maximum Gasteiger partial charge on any atom is 0.244 e. The van der Waals surface area contributed by atoms with Gasteiger partial charge in [-0.05, 0) is 54.7 Å². The molecule has 2 aromatic heterocycles. The van der Waals surface area contributed by atoms with Gasteiger partial charge in [0.25, 0.3) is 0 Å². The van der Waals surface area contributed by atoms with Crippen molar-refractivity contribution in [3.8, 4) is 10.7 Å². The van der Waals surface area contributed by atoms with Gasteiger partial charge in [-0.1, -0.05) is 12.1 Å². The minimum atomic E-state index is -0.226. The normalized spacial score (nSPS) is 13.3. The number of carbonyl (C=O) groups is 2. The largest absolute Gasteiger partial charge is 0.326 e. The fourth-order valence-electron chi connectivity index (χ4n) is 2.67. The van der Waals surface area contributed by atoms with Crippen LogP contribution in [0.4, 0.5) is 11.4 Å². The van der Waals surface area contributed by atoms with E-state index in [0.29, 0.717) is 22.0 Å². The van der Waals surface area contributed by atoms with Gasteiger partial charge in [0.15, 0.2) is 10.6 Å². The van der Waals surface area contributed by atoms with Crippen molar-refractivity contribution in [3.63, 3.8) is 0 Å². The van der Waals surface area contributed by atoms with Gasteiger partial charge in [0, 0.05) is 17.3 Å². The molecular weight excluding hydrogens is 382 g/mol. The number of rotatable bonds is 6. The average molecular weight is 400 g/mol. The molecule has 1 aliphatic rings. The molecule has 2 heterocycles. The predicted octanol–water partition coefficient (Wildman–Crippen LogP) is 3.66. The molecule has 3 aromatic rings. The second kappa shape index (κ2) is 7.45. The van der Waals surface area contributed by atoms with Gasteiger partial charge in [0.2, 0.25) is 11.8 Å². The average Bonchev–Trinajstić information content (AvgIpc) is 3.25. The van der Waals surface area contributed by atoms with Crippen LogP contribution >= 0.6 is 23.6 Å². The van der Waals surface area contributed by atoms with Gasteiger partial charge in [0.05, 0.1) is 4.88 Å². The zero-order chi connectivity index (χ0) is 18.8. The summed E-state index contributed by atoms with van der Waals surface area (Å²) >= 11 is 6.78. The van der Waals surface area contributed by atoms with E-state index in [-0.39, 0.29) is 24.3 Å². The first-order valence-corrected chi connectivity index (χ1v) is 9.79. The summed E-state index contributed by atoms with van der Waals surface area (Å²) in [5.41, 5.74) is 1.28. The number of hydrogen-bond donors (Lipinski definition) is 3. The lowest BCUT2D eigenvalue weighted by atomic mass is 10.2. The Balaban J connectivity index is 1.45. The summed E-state index contributed by atoms with van der Waals surface area (Å²) < 4.78 is 2.05. The third kappa shape index (κ3) is 4.15. The van der Waals surface area contributed by atoms with Gasteiger partial charge in [-0.25, -0.2) is 0 Å². The second-order valence-electron chi connectivity index (χ2n) is 6.31. The fourth-order valence-corrected chi connectivity index (χ4v) is 3.59. The number of aromatic amines is 1. The quantitative estimate of drug-likeness (QED) is 0.552. The van der Waals surface area contributed by atoms with Crippen LogP contribution in [-0.2, 0) is 16.1 Å². The molecule has 7 nitrogen and oxygen atoms in total. The summed E-state index contributed by atoms with van der Waals surface area (Å²) in [5, 5.41) is 14.6. The van der Waals surface area contributed by atoms with Gasteiger partial charge < -0.3 is 10.6 Å². The van der Waals surface area contributed by atoms with Crippen LogP contribution < -0.4 is 10.6 Å². The third-order valence-electron chi connectivity index (χ3n) is 4.16. The molecule has 0 spiro atoms. The molecule has 9 heteroatoms. The standard InChI is InChI=1S/C18H17N5O2S2/c24-15(10-23-16(21-22-18(23)26)14-5-2-8-27-14)19-12-3-1-4-13(9-12)20-17(25)11-6-7-11/h1-5,8-9,11H,6-7,10H2,(H,19,24)(H,20,25)(H,22,26). The Labute approximate surface area is 164 Å². The van der Waals surface area contributed by atoms with Gasteiger partial charge in [-0.3, -0.25) is 19.3 Å². The highest BCUT2D eigenvalue weighted by Crippen LogP contribution is 2.30. The molecular formula is C18H17N5O2S2. The smallest absolute Gasteiger partial charge is 0.244 e. The van der Waals surface area contributed by atoms with Crippen LogP contribution in [0.25, 0.3) is 10.7 Å². The number of nitrogens with zero attached hydrogens (tertiary/aromatic N) is 2. The van der Waals surface area contributed by atoms with Crippen molar-refractivity contribution in [3.05, 3.63) is 46.5 Å². The van der Waals surface area contributed by atoms with Crippen molar-refractivity contribution in [1.82, 2.24) is 14.8 Å².